The van der Waals surface area contributed by atoms with E-state index >= 15 is 0 Å². The topological polar surface area (TPSA) is 36.7 Å². The predicted octanol–water partition coefficient (Wildman–Crippen LogP) is 4.04. The van der Waals surface area contributed by atoms with Crippen LogP contribution < -0.4 is 0 Å². The van der Waals surface area contributed by atoms with Gasteiger partial charge in [-0.25, -0.2) is 0 Å². The molecule has 1 amide bonds. The zero-order chi connectivity index (χ0) is 17.2. The summed E-state index contributed by atoms with van der Waals surface area (Å²) in [6.07, 6.45) is 1.57. The summed E-state index contributed by atoms with van der Waals surface area (Å²) < 4.78 is 5.50. The molecule has 128 valence electrons. The van der Waals surface area contributed by atoms with Gasteiger partial charge in [0.1, 0.15) is 11.8 Å². The summed E-state index contributed by atoms with van der Waals surface area (Å²) in [6.45, 7) is 4.01. The fourth-order valence-corrected chi connectivity index (χ4v) is 3.53. The first-order valence-electron chi connectivity index (χ1n) is 8.43. The van der Waals surface area contributed by atoms with Crippen LogP contribution in [0.25, 0.3) is 11.0 Å². The molecule has 2 heterocycles. The van der Waals surface area contributed by atoms with Gasteiger partial charge in [-0.2, -0.15) is 0 Å². The van der Waals surface area contributed by atoms with Crippen LogP contribution in [0.5, 0.6) is 0 Å². The molecule has 1 aliphatic rings. The Morgan fingerprint density at radius 3 is 2.64 bits per heavy atom. The van der Waals surface area contributed by atoms with Crippen molar-refractivity contribution in [3.63, 3.8) is 0 Å². The zero-order valence-electron chi connectivity index (χ0n) is 13.8. The summed E-state index contributed by atoms with van der Waals surface area (Å²) in [4.78, 5) is 17.1. The van der Waals surface area contributed by atoms with Gasteiger partial charge in [-0.3, -0.25) is 9.69 Å². The summed E-state index contributed by atoms with van der Waals surface area (Å²) in [7, 11) is 0. The second-order valence-corrected chi connectivity index (χ2v) is 6.78. The molecule has 3 aromatic rings. The van der Waals surface area contributed by atoms with Gasteiger partial charge in [0.2, 0.25) is 0 Å². The number of fused-ring (bicyclic) bond motifs is 1. The van der Waals surface area contributed by atoms with Gasteiger partial charge in [-0.15, -0.1) is 0 Å². The van der Waals surface area contributed by atoms with Crippen LogP contribution in [0, 0.1) is 0 Å². The summed E-state index contributed by atoms with van der Waals surface area (Å²) >= 11 is 6.05. The Kier molecular flexibility index (Phi) is 4.47. The lowest BCUT2D eigenvalue weighted by Gasteiger charge is -2.34. The van der Waals surface area contributed by atoms with Crippen molar-refractivity contribution in [1.29, 1.82) is 0 Å². The summed E-state index contributed by atoms with van der Waals surface area (Å²) in [5.74, 6) is 0.0485. The third-order valence-corrected chi connectivity index (χ3v) is 4.90. The molecule has 1 fully saturated rings. The van der Waals surface area contributed by atoms with Crippen LogP contribution in [0.1, 0.15) is 15.9 Å². The molecule has 0 radical (unpaired) electrons. The third kappa shape index (κ3) is 3.41. The number of benzene rings is 2. The van der Waals surface area contributed by atoms with Gasteiger partial charge >= 0.3 is 0 Å². The fourth-order valence-electron chi connectivity index (χ4n) is 3.32. The number of furan rings is 1. The standard InChI is InChI=1S/C20H19ClN2O2/c21-16-5-3-4-15(12-16)13-22-8-10-23(11-9-22)20(24)18-14-25-19-7-2-1-6-17(18)19/h1-7,12,14H,8-11,13H2. The number of para-hydroxylation sites is 1. The molecule has 0 aliphatic carbocycles. The maximum atomic E-state index is 12.8. The highest BCUT2D eigenvalue weighted by molar-refractivity contribution is 6.30. The first-order valence-corrected chi connectivity index (χ1v) is 8.81. The van der Waals surface area contributed by atoms with Crippen molar-refractivity contribution in [2.75, 3.05) is 26.2 Å². The van der Waals surface area contributed by atoms with E-state index in [-0.39, 0.29) is 5.91 Å². The fraction of sp³-hybridized carbons (Fsp3) is 0.250. The third-order valence-electron chi connectivity index (χ3n) is 4.67. The Morgan fingerprint density at radius 2 is 1.84 bits per heavy atom. The van der Waals surface area contributed by atoms with E-state index in [1.807, 2.05) is 47.4 Å². The molecule has 0 saturated carbocycles. The molecule has 1 saturated heterocycles. The molecule has 4 rings (SSSR count). The van der Waals surface area contributed by atoms with E-state index in [9.17, 15) is 4.79 Å². The van der Waals surface area contributed by atoms with Gasteiger partial charge in [-0.1, -0.05) is 41.9 Å². The molecule has 0 N–H and O–H groups in total. The molecule has 4 nitrogen and oxygen atoms in total. The highest BCUT2D eigenvalue weighted by atomic mass is 35.5. The second-order valence-electron chi connectivity index (χ2n) is 6.34. The number of amides is 1. The molecule has 25 heavy (non-hydrogen) atoms. The maximum Gasteiger partial charge on any atom is 0.257 e. The van der Waals surface area contributed by atoms with Crippen LogP contribution in [0.2, 0.25) is 5.02 Å². The highest BCUT2D eigenvalue weighted by Crippen LogP contribution is 2.23. The van der Waals surface area contributed by atoms with Crippen molar-refractivity contribution < 1.29 is 9.21 Å². The van der Waals surface area contributed by atoms with Gasteiger partial charge < -0.3 is 9.32 Å². The lowest BCUT2D eigenvalue weighted by molar-refractivity contribution is 0.0629. The number of piperazine rings is 1. The first-order chi connectivity index (χ1) is 12.2. The zero-order valence-corrected chi connectivity index (χ0v) is 14.6. The largest absolute Gasteiger partial charge is 0.463 e. The lowest BCUT2D eigenvalue weighted by atomic mass is 10.1. The number of nitrogens with zero attached hydrogens (tertiary/aromatic N) is 2. The van der Waals surface area contributed by atoms with Crippen LogP contribution in [0.15, 0.2) is 59.2 Å². The number of hydrogen-bond acceptors (Lipinski definition) is 3. The lowest BCUT2D eigenvalue weighted by Crippen LogP contribution is -2.48. The Bertz CT molecular complexity index is 897. The van der Waals surface area contributed by atoms with Crippen molar-refractivity contribution in [3.8, 4) is 0 Å². The van der Waals surface area contributed by atoms with Gasteiger partial charge in [0.05, 0.1) is 5.56 Å². The van der Waals surface area contributed by atoms with Crippen LogP contribution in [0.4, 0.5) is 0 Å². The minimum absolute atomic E-state index is 0.0485. The summed E-state index contributed by atoms with van der Waals surface area (Å²) in [5.41, 5.74) is 2.61. The second kappa shape index (κ2) is 6.90. The van der Waals surface area contributed by atoms with E-state index in [2.05, 4.69) is 11.0 Å². The average molecular weight is 355 g/mol. The molecule has 0 spiro atoms. The molecule has 1 aliphatic heterocycles. The Morgan fingerprint density at radius 1 is 1.04 bits per heavy atom. The van der Waals surface area contributed by atoms with Gasteiger partial charge in [0.15, 0.2) is 0 Å². The SMILES string of the molecule is O=C(c1coc2ccccc12)N1CCN(Cc2cccc(Cl)c2)CC1. The number of carbonyl (C=O) groups excluding carboxylic acids is 1. The molecule has 0 unspecified atom stereocenters. The molecular weight excluding hydrogens is 336 g/mol. The summed E-state index contributed by atoms with van der Waals surface area (Å²) in [5, 5.41) is 1.65. The minimum atomic E-state index is 0.0485. The minimum Gasteiger partial charge on any atom is -0.463 e. The van der Waals surface area contributed by atoms with E-state index < -0.39 is 0 Å². The van der Waals surface area contributed by atoms with Crippen LogP contribution in [-0.4, -0.2) is 41.9 Å². The first kappa shape index (κ1) is 16.2. The summed E-state index contributed by atoms with van der Waals surface area (Å²) in [6, 6.07) is 15.6. The van der Waals surface area contributed by atoms with Crippen LogP contribution >= 0.6 is 11.6 Å². The molecule has 2 aromatic carbocycles. The van der Waals surface area contributed by atoms with Crippen LogP contribution in [0.3, 0.4) is 0 Å². The van der Waals surface area contributed by atoms with E-state index in [1.54, 1.807) is 6.26 Å². The number of rotatable bonds is 3. The Balaban J connectivity index is 1.40. The normalized spacial score (nSPS) is 15.6. The van der Waals surface area contributed by atoms with Gasteiger partial charge in [0.25, 0.3) is 5.91 Å². The van der Waals surface area contributed by atoms with Crippen LogP contribution in [-0.2, 0) is 6.54 Å². The maximum absolute atomic E-state index is 12.8. The van der Waals surface area contributed by atoms with Gasteiger partial charge in [-0.05, 0) is 23.8 Å². The van der Waals surface area contributed by atoms with Crippen molar-refractivity contribution >= 4 is 28.5 Å². The number of carbonyl (C=O) groups is 1. The Hall–Kier alpha value is -2.30. The number of hydrogen-bond donors (Lipinski definition) is 0. The van der Waals surface area contributed by atoms with E-state index in [4.69, 9.17) is 16.0 Å². The van der Waals surface area contributed by atoms with E-state index in [0.29, 0.717) is 5.56 Å². The van der Waals surface area contributed by atoms with Crippen molar-refractivity contribution in [2.24, 2.45) is 0 Å². The quantitative estimate of drug-likeness (QED) is 0.712. The predicted molar refractivity (Wildman–Crippen MR) is 98.8 cm³/mol. The highest BCUT2D eigenvalue weighted by Gasteiger charge is 2.24. The average Bonchev–Trinajstić information content (AvgIpc) is 3.06. The van der Waals surface area contributed by atoms with E-state index in [1.165, 1.54) is 5.56 Å². The van der Waals surface area contributed by atoms with Crippen molar-refractivity contribution in [1.82, 2.24) is 9.80 Å². The van der Waals surface area contributed by atoms with Crippen molar-refractivity contribution in [2.45, 2.75) is 6.54 Å². The molecule has 0 bridgehead atoms. The smallest absolute Gasteiger partial charge is 0.257 e. The van der Waals surface area contributed by atoms with E-state index in [0.717, 1.165) is 48.7 Å². The molecule has 1 aromatic heterocycles. The number of halogens is 1. The van der Waals surface area contributed by atoms with Gasteiger partial charge in [0, 0.05) is 43.1 Å². The monoisotopic (exact) mass is 354 g/mol. The Labute approximate surface area is 151 Å². The van der Waals surface area contributed by atoms with Crippen molar-refractivity contribution in [3.05, 3.63) is 70.9 Å². The molecular formula is C20H19ClN2O2. The molecule has 5 heteroatoms. The molecule has 0 atom stereocenters.